The van der Waals surface area contributed by atoms with E-state index >= 15 is 0 Å². The zero-order chi connectivity index (χ0) is 8.27. The van der Waals surface area contributed by atoms with Gasteiger partial charge in [0, 0.05) is 5.92 Å². The Morgan fingerprint density at radius 1 is 1.55 bits per heavy atom. The van der Waals surface area contributed by atoms with Gasteiger partial charge >= 0.3 is 0 Å². The number of carbonyl (C=O) groups is 1. The van der Waals surface area contributed by atoms with E-state index < -0.39 is 0 Å². The van der Waals surface area contributed by atoms with Crippen molar-refractivity contribution < 1.29 is 4.79 Å². The zero-order valence-corrected chi connectivity index (χ0v) is 7.18. The fourth-order valence-electron chi connectivity index (χ4n) is 1.71. The van der Waals surface area contributed by atoms with Crippen LogP contribution < -0.4 is 5.73 Å². The summed E-state index contributed by atoms with van der Waals surface area (Å²) in [6, 6.07) is -0.196. The van der Waals surface area contributed by atoms with Gasteiger partial charge in [0.15, 0.2) is 5.78 Å². The molecule has 0 aromatic heterocycles. The van der Waals surface area contributed by atoms with Crippen LogP contribution in [-0.4, -0.2) is 11.8 Å². The van der Waals surface area contributed by atoms with E-state index in [1.165, 1.54) is 12.8 Å². The quantitative estimate of drug-likeness (QED) is 0.671. The molecule has 64 valence electrons. The minimum atomic E-state index is -0.196. The lowest BCUT2D eigenvalue weighted by Crippen LogP contribution is -2.33. The highest BCUT2D eigenvalue weighted by molar-refractivity contribution is 5.86. The number of ketones is 1. The predicted octanol–water partition coefficient (Wildman–Crippen LogP) is 1.48. The molecule has 1 saturated carbocycles. The summed E-state index contributed by atoms with van der Waals surface area (Å²) in [6.07, 6.45) is 5.37. The van der Waals surface area contributed by atoms with Crippen molar-refractivity contribution in [3.05, 3.63) is 0 Å². The molecular weight excluding hydrogens is 138 g/mol. The molecule has 0 heterocycles. The van der Waals surface area contributed by atoms with E-state index in [9.17, 15) is 4.79 Å². The molecule has 0 saturated heterocycles. The Morgan fingerprint density at radius 2 is 2.09 bits per heavy atom. The third-order valence-electron chi connectivity index (χ3n) is 2.56. The summed E-state index contributed by atoms with van der Waals surface area (Å²) in [5.74, 6) is 0.593. The lowest BCUT2D eigenvalue weighted by Gasteiger charge is -2.12. The molecular formula is C9H17NO. The van der Waals surface area contributed by atoms with Crippen LogP contribution in [0, 0.1) is 5.92 Å². The standard InChI is InChI=1S/C9H17NO/c1-2-8(10)9(11)7-5-3-4-6-7/h7-8H,2-6,10H2,1H3. The highest BCUT2D eigenvalue weighted by Gasteiger charge is 2.25. The van der Waals surface area contributed by atoms with Gasteiger partial charge in [0.05, 0.1) is 6.04 Å². The van der Waals surface area contributed by atoms with Gasteiger partial charge in [-0.25, -0.2) is 0 Å². The average molecular weight is 155 g/mol. The lowest BCUT2D eigenvalue weighted by molar-refractivity contribution is -0.124. The molecule has 1 unspecified atom stereocenters. The minimum absolute atomic E-state index is 0.196. The Bertz CT molecular complexity index is 138. The molecule has 0 amide bonds. The van der Waals surface area contributed by atoms with Crippen molar-refractivity contribution in [1.82, 2.24) is 0 Å². The second kappa shape index (κ2) is 3.86. The zero-order valence-electron chi connectivity index (χ0n) is 7.18. The van der Waals surface area contributed by atoms with E-state index in [0.717, 1.165) is 19.3 Å². The van der Waals surface area contributed by atoms with E-state index in [2.05, 4.69) is 0 Å². The number of nitrogens with two attached hydrogens (primary N) is 1. The molecule has 1 fully saturated rings. The third-order valence-corrected chi connectivity index (χ3v) is 2.56. The van der Waals surface area contributed by atoms with Gasteiger partial charge in [0.25, 0.3) is 0 Å². The van der Waals surface area contributed by atoms with Gasteiger partial charge in [-0.1, -0.05) is 19.8 Å². The summed E-state index contributed by atoms with van der Waals surface area (Å²) in [7, 11) is 0. The minimum Gasteiger partial charge on any atom is -0.322 e. The van der Waals surface area contributed by atoms with Crippen molar-refractivity contribution in [2.75, 3.05) is 0 Å². The smallest absolute Gasteiger partial charge is 0.152 e. The molecule has 0 aromatic rings. The second-order valence-corrected chi connectivity index (χ2v) is 3.40. The van der Waals surface area contributed by atoms with E-state index in [1.54, 1.807) is 0 Å². The van der Waals surface area contributed by atoms with Gasteiger partial charge in [-0.05, 0) is 19.3 Å². The summed E-state index contributed by atoms with van der Waals surface area (Å²) < 4.78 is 0. The molecule has 1 aliphatic rings. The molecule has 0 radical (unpaired) electrons. The Kier molecular flexibility index (Phi) is 3.06. The first-order valence-electron chi connectivity index (χ1n) is 4.55. The van der Waals surface area contributed by atoms with Crippen LogP contribution in [0.5, 0.6) is 0 Å². The fourth-order valence-corrected chi connectivity index (χ4v) is 1.71. The van der Waals surface area contributed by atoms with Crippen molar-refractivity contribution >= 4 is 5.78 Å². The van der Waals surface area contributed by atoms with Crippen LogP contribution in [0.3, 0.4) is 0 Å². The SMILES string of the molecule is CCC(N)C(=O)C1CCCC1. The van der Waals surface area contributed by atoms with E-state index in [0.29, 0.717) is 11.7 Å². The topological polar surface area (TPSA) is 43.1 Å². The molecule has 2 N–H and O–H groups in total. The number of hydrogen-bond acceptors (Lipinski definition) is 2. The van der Waals surface area contributed by atoms with Gasteiger partial charge in [0.2, 0.25) is 0 Å². The molecule has 0 spiro atoms. The molecule has 0 aromatic carbocycles. The van der Waals surface area contributed by atoms with Gasteiger partial charge in [-0.2, -0.15) is 0 Å². The maximum Gasteiger partial charge on any atom is 0.152 e. The molecule has 1 rings (SSSR count). The molecule has 0 bridgehead atoms. The number of Topliss-reactive ketones (excluding diaryl/α,β-unsaturated/α-hetero) is 1. The molecule has 1 aliphatic carbocycles. The number of carbonyl (C=O) groups excluding carboxylic acids is 1. The van der Waals surface area contributed by atoms with Crippen molar-refractivity contribution in [2.45, 2.75) is 45.1 Å². The van der Waals surface area contributed by atoms with Crippen LogP contribution in [0.1, 0.15) is 39.0 Å². The van der Waals surface area contributed by atoms with E-state index in [1.807, 2.05) is 6.92 Å². The van der Waals surface area contributed by atoms with Crippen LogP contribution in [0.15, 0.2) is 0 Å². The largest absolute Gasteiger partial charge is 0.322 e. The molecule has 0 aliphatic heterocycles. The van der Waals surface area contributed by atoms with E-state index in [4.69, 9.17) is 5.73 Å². The number of rotatable bonds is 3. The van der Waals surface area contributed by atoms with Gasteiger partial charge in [-0.15, -0.1) is 0 Å². The maximum absolute atomic E-state index is 11.5. The summed E-state index contributed by atoms with van der Waals surface area (Å²) in [5, 5.41) is 0. The highest BCUT2D eigenvalue weighted by atomic mass is 16.1. The first kappa shape index (κ1) is 8.72. The second-order valence-electron chi connectivity index (χ2n) is 3.40. The predicted molar refractivity (Wildman–Crippen MR) is 45.2 cm³/mol. The Hall–Kier alpha value is -0.370. The fraction of sp³-hybridized carbons (Fsp3) is 0.889. The van der Waals surface area contributed by atoms with Crippen LogP contribution in [-0.2, 0) is 4.79 Å². The lowest BCUT2D eigenvalue weighted by atomic mass is 9.96. The van der Waals surface area contributed by atoms with Crippen molar-refractivity contribution in [3.8, 4) is 0 Å². The summed E-state index contributed by atoms with van der Waals surface area (Å²) in [4.78, 5) is 11.5. The summed E-state index contributed by atoms with van der Waals surface area (Å²) >= 11 is 0. The van der Waals surface area contributed by atoms with Crippen LogP contribution in [0.2, 0.25) is 0 Å². The summed E-state index contributed by atoms with van der Waals surface area (Å²) in [5.41, 5.74) is 5.65. The summed E-state index contributed by atoms with van der Waals surface area (Å²) in [6.45, 7) is 1.97. The van der Waals surface area contributed by atoms with Gasteiger partial charge < -0.3 is 5.73 Å². The van der Waals surface area contributed by atoms with E-state index in [-0.39, 0.29) is 6.04 Å². The van der Waals surface area contributed by atoms with Crippen LogP contribution >= 0.6 is 0 Å². The Labute approximate surface area is 68.2 Å². The molecule has 1 atom stereocenters. The van der Waals surface area contributed by atoms with Crippen molar-refractivity contribution in [1.29, 1.82) is 0 Å². The van der Waals surface area contributed by atoms with Crippen molar-refractivity contribution in [2.24, 2.45) is 11.7 Å². The van der Waals surface area contributed by atoms with Crippen LogP contribution in [0.4, 0.5) is 0 Å². The molecule has 11 heavy (non-hydrogen) atoms. The first-order chi connectivity index (χ1) is 5.25. The molecule has 2 heteroatoms. The van der Waals surface area contributed by atoms with Crippen LogP contribution in [0.25, 0.3) is 0 Å². The highest BCUT2D eigenvalue weighted by Crippen LogP contribution is 2.26. The Morgan fingerprint density at radius 3 is 2.55 bits per heavy atom. The maximum atomic E-state index is 11.5. The van der Waals surface area contributed by atoms with Gasteiger partial charge in [0.1, 0.15) is 0 Å². The normalized spacial score (nSPS) is 22.0. The average Bonchev–Trinajstić information content (AvgIpc) is 2.53. The van der Waals surface area contributed by atoms with Gasteiger partial charge in [-0.3, -0.25) is 4.79 Å². The Balaban J connectivity index is 2.39. The number of hydrogen-bond donors (Lipinski definition) is 1. The molecule has 2 nitrogen and oxygen atoms in total. The monoisotopic (exact) mass is 155 g/mol. The third kappa shape index (κ3) is 2.03. The first-order valence-corrected chi connectivity index (χ1v) is 4.55. The van der Waals surface area contributed by atoms with Crippen molar-refractivity contribution in [3.63, 3.8) is 0 Å².